The van der Waals surface area contributed by atoms with Crippen LogP contribution in [0, 0.1) is 0 Å². The van der Waals surface area contributed by atoms with Crippen LogP contribution in [0.15, 0.2) is 0 Å². The summed E-state index contributed by atoms with van der Waals surface area (Å²) < 4.78 is 24.1. The zero-order chi connectivity index (χ0) is 18.9. The van der Waals surface area contributed by atoms with E-state index in [9.17, 15) is 0 Å². The van der Waals surface area contributed by atoms with Gasteiger partial charge in [0.2, 0.25) is 0 Å². The third-order valence-corrected chi connectivity index (χ3v) is 20.8. The average Bonchev–Trinajstić information content (AvgIpc) is 3.11. The molecular formula is C21H43NO3Sn. The summed E-state index contributed by atoms with van der Waals surface area (Å²) in [4.78, 5) is 0. The number of unbranched alkanes of at least 4 members (excludes halogenated alkanes) is 3. The predicted octanol–water partition coefficient (Wildman–Crippen LogP) is 5.01. The summed E-state index contributed by atoms with van der Waals surface area (Å²) in [6.45, 7) is 8.41. The van der Waals surface area contributed by atoms with E-state index in [1.807, 2.05) is 0 Å². The van der Waals surface area contributed by atoms with Gasteiger partial charge in [-0.05, 0) is 0 Å². The Morgan fingerprint density at radius 1 is 0.962 bits per heavy atom. The number of rotatable bonds is 12. The van der Waals surface area contributed by atoms with E-state index in [0.29, 0.717) is 13.2 Å². The van der Waals surface area contributed by atoms with Crippen LogP contribution in [0.2, 0.25) is 13.3 Å². The molecule has 1 heterocycles. The second-order valence-electron chi connectivity index (χ2n) is 8.67. The van der Waals surface area contributed by atoms with Crippen molar-refractivity contribution in [3.8, 4) is 0 Å². The normalized spacial score (nSPS) is 25.8. The summed E-state index contributed by atoms with van der Waals surface area (Å²) in [6, 6.07) is 0.140. The summed E-state index contributed by atoms with van der Waals surface area (Å²) in [5.74, 6) is -0.394. The molecule has 1 spiro atoms. The Kier molecular flexibility index (Phi) is 10.2. The molecule has 1 aliphatic carbocycles. The van der Waals surface area contributed by atoms with Gasteiger partial charge in [0.05, 0.1) is 0 Å². The molecule has 2 aliphatic rings. The van der Waals surface area contributed by atoms with Crippen molar-refractivity contribution >= 4 is 18.4 Å². The standard InChI is InChI=1S/C9H16NO3.3C4H9.Sn/c1-11-8-6-9(3-2-7(8)10)12-4-5-13-9;3*1-3-4-2;/h7-8H,1-6,10H2;3*1,3-4H2,2H3;/t7-,8-;;;;/m0..../s1. The van der Waals surface area contributed by atoms with Crippen LogP contribution in [0.3, 0.4) is 0 Å². The second-order valence-corrected chi connectivity index (χ2v) is 22.3. The molecule has 2 rings (SSSR count). The van der Waals surface area contributed by atoms with E-state index in [1.54, 1.807) is 0 Å². The van der Waals surface area contributed by atoms with Crippen molar-refractivity contribution in [2.24, 2.45) is 5.73 Å². The number of hydrogen-bond donors (Lipinski definition) is 1. The van der Waals surface area contributed by atoms with E-state index < -0.39 is 24.2 Å². The van der Waals surface area contributed by atoms with Gasteiger partial charge in [-0.2, -0.15) is 0 Å². The summed E-state index contributed by atoms with van der Waals surface area (Å²) >= 11 is -2.26. The Morgan fingerprint density at radius 2 is 1.50 bits per heavy atom. The Hall–Kier alpha value is 0.639. The SMILES string of the molecule is CCC[CH2][Sn]([CH2]CCC)([CH2]CCC)[CH2]O[C@H]1CC2(CC[C@@H]1N)OCCO2. The topological polar surface area (TPSA) is 53.7 Å². The molecular weight excluding hydrogens is 433 g/mol. The van der Waals surface area contributed by atoms with Crippen LogP contribution in [0.5, 0.6) is 0 Å². The number of hydrogen-bond acceptors (Lipinski definition) is 4. The average molecular weight is 476 g/mol. The summed E-state index contributed by atoms with van der Waals surface area (Å²) in [6.07, 6.45) is 10.9. The van der Waals surface area contributed by atoms with Crippen LogP contribution >= 0.6 is 0 Å². The summed E-state index contributed by atoms with van der Waals surface area (Å²) in [7, 11) is 0. The van der Waals surface area contributed by atoms with Crippen molar-refractivity contribution in [3.05, 3.63) is 0 Å². The van der Waals surface area contributed by atoms with E-state index in [4.69, 9.17) is 19.9 Å². The molecule has 4 nitrogen and oxygen atoms in total. The number of nitrogens with two attached hydrogens (primary N) is 1. The first-order valence-corrected chi connectivity index (χ1v) is 19.3. The maximum atomic E-state index is 6.65. The summed E-state index contributed by atoms with van der Waals surface area (Å²) in [5, 5.41) is 0. The molecule has 154 valence electrons. The summed E-state index contributed by atoms with van der Waals surface area (Å²) in [5.41, 5.74) is 6.45. The zero-order valence-corrected chi connectivity index (χ0v) is 20.4. The van der Waals surface area contributed by atoms with Crippen LogP contribution in [0.4, 0.5) is 0 Å². The third kappa shape index (κ3) is 6.61. The van der Waals surface area contributed by atoms with E-state index in [0.717, 1.165) is 23.9 Å². The number of ether oxygens (including phenoxy) is 3. The molecule has 5 heteroatoms. The van der Waals surface area contributed by atoms with Gasteiger partial charge in [0, 0.05) is 0 Å². The predicted molar refractivity (Wildman–Crippen MR) is 111 cm³/mol. The van der Waals surface area contributed by atoms with Gasteiger partial charge < -0.3 is 0 Å². The van der Waals surface area contributed by atoms with Gasteiger partial charge in [0.1, 0.15) is 0 Å². The quantitative estimate of drug-likeness (QED) is 0.403. The molecule has 26 heavy (non-hydrogen) atoms. The Morgan fingerprint density at radius 3 is 2.00 bits per heavy atom. The molecule has 0 aromatic carbocycles. The molecule has 1 aliphatic heterocycles. The van der Waals surface area contributed by atoms with Crippen LogP contribution in [0.1, 0.15) is 78.6 Å². The van der Waals surface area contributed by atoms with Crippen LogP contribution in [0.25, 0.3) is 0 Å². The van der Waals surface area contributed by atoms with Crippen LogP contribution in [-0.4, -0.2) is 54.1 Å². The van der Waals surface area contributed by atoms with Crippen LogP contribution < -0.4 is 5.73 Å². The molecule has 0 bridgehead atoms. The van der Waals surface area contributed by atoms with E-state index in [1.165, 1.54) is 51.8 Å². The monoisotopic (exact) mass is 477 g/mol. The molecule has 0 radical (unpaired) electrons. The van der Waals surface area contributed by atoms with Crippen LogP contribution in [-0.2, 0) is 14.2 Å². The van der Waals surface area contributed by atoms with Gasteiger partial charge >= 0.3 is 166 Å². The zero-order valence-electron chi connectivity index (χ0n) is 17.6. The van der Waals surface area contributed by atoms with Crippen molar-refractivity contribution < 1.29 is 14.2 Å². The van der Waals surface area contributed by atoms with Gasteiger partial charge in [-0.3, -0.25) is 0 Å². The molecule has 1 saturated heterocycles. The minimum absolute atomic E-state index is 0.114. The fourth-order valence-electron chi connectivity index (χ4n) is 4.60. The first kappa shape index (κ1) is 22.9. The molecule has 0 aromatic heterocycles. The molecule has 2 N–H and O–H groups in total. The minimum atomic E-state index is -2.26. The fraction of sp³-hybridized carbons (Fsp3) is 1.00. The molecule has 1 saturated carbocycles. The Bertz CT molecular complexity index is 366. The fourth-order valence-corrected chi connectivity index (χ4v) is 19.1. The van der Waals surface area contributed by atoms with Crippen molar-refractivity contribution in [3.63, 3.8) is 0 Å². The van der Waals surface area contributed by atoms with E-state index >= 15 is 0 Å². The van der Waals surface area contributed by atoms with Gasteiger partial charge in [-0.15, -0.1) is 0 Å². The van der Waals surface area contributed by atoms with Crippen molar-refractivity contribution in [2.45, 2.75) is 110 Å². The van der Waals surface area contributed by atoms with Crippen molar-refractivity contribution in [1.82, 2.24) is 0 Å². The van der Waals surface area contributed by atoms with Gasteiger partial charge in [0.15, 0.2) is 0 Å². The first-order chi connectivity index (χ1) is 12.6. The van der Waals surface area contributed by atoms with E-state index in [-0.39, 0.29) is 12.1 Å². The molecule has 0 amide bonds. The van der Waals surface area contributed by atoms with Gasteiger partial charge in [-0.1, -0.05) is 0 Å². The maximum absolute atomic E-state index is 6.65. The van der Waals surface area contributed by atoms with Crippen molar-refractivity contribution in [1.29, 1.82) is 0 Å². The van der Waals surface area contributed by atoms with E-state index in [2.05, 4.69) is 20.8 Å². The van der Waals surface area contributed by atoms with Gasteiger partial charge in [0.25, 0.3) is 0 Å². The molecule has 2 fully saturated rings. The Labute approximate surface area is 165 Å². The third-order valence-electron chi connectivity index (χ3n) is 6.45. The second kappa shape index (κ2) is 11.6. The molecule has 0 aromatic rings. The first-order valence-electron chi connectivity index (χ1n) is 11.2. The van der Waals surface area contributed by atoms with Crippen molar-refractivity contribution in [2.75, 3.05) is 17.8 Å². The molecule has 0 unspecified atom stereocenters. The van der Waals surface area contributed by atoms with Gasteiger partial charge in [-0.25, -0.2) is 0 Å². The Balaban J connectivity index is 1.99. The molecule has 2 atom stereocenters.